The van der Waals surface area contributed by atoms with E-state index >= 15 is 0 Å². The van der Waals surface area contributed by atoms with Crippen molar-refractivity contribution >= 4 is 49.4 Å². The van der Waals surface area contributed by atoms with Crippen molar-refractivity contribution in [3.8, 4) is 11.8 Å². The Kier molecular flexibility index (Phi) is 7.45. The van der Waals surface area contributed by atoms with Gasteiger partial charge in [-0.25, -0.2) is 0 Å². The van der Waals surface area contributed by atoms with Crippen molar-refractivity contribution < 1.29 is 22.3 Å². The lowest BCUT2D eigenvalue weighted by atomic mass is 10.1. The Morgan fingerprint density at radius 3 is 2.50 bits per heavy atom. The van der Waals surface area contributed by atoms with E-state index in [1.165, 1.54) is 30.3 Å². The predicted octanol–water partition coefficient (Wildman–Crippen LogP) is 4.98. The number of carbonyl (C=O) groups excluding carboxylic acids is 1. The summed E-state index contributed by atoms with van der Waals surface area (Å²) in [5.74, 6) is -0.871. The summed E-state index contributed by atoms with van der Waals surface area (Å²) >= 11 is 3.26. The molecule has 0 aliphatic rings. The minimum Gasteiger partial charge on any atom is -0.378 e. The summed E-state index contributed by atoms with van der Waals surface area (Å²) in [4.78, 5) is 22.4. The van der Waals surface area contributed by atoms with Gasteiger partial charge in [-0.3, -0.25) is 14.9 Å². The number of carbonyl (C=O) groups is 1. The zero-order chi connectivity index (χ0) is 24.9. The number of nitriles is 1. The fraction of sp³-hybridized carbons (Fsp3) is 0.0435. The summed E-state index contributed by atoms with van der Waals surface area (Å²) in [7, 11) is -4.45. The molecule has 34 heavy (non-hydrogen) atoms. The number of hydrogen-bond acceptors (Lipinski definition) is 7. The number of amides is 1. The van der Waals surface area contributed by atoms with E-state index in [0.29, 0.717) is 10.2 Å². The third-order valence-electron chi connectivity index (χ3n) is 4.46. The molecule has 9 nitrogen and oxygen atoms in total. The molecular weight excluding hydrogens is 526 g/mol. The Morgan fingerprint density at radius 1 is 1.15 bits per heavy atom. The predicted molar refractivity (Wildman–Crippen MR) is 128 cm³/mol. The van der Waals surface area contributed by atoms with Gasteiger partial charge in [-0.2, -0.15) is 13.7 Å². The number of nitrogens with one attached hydrogen (secondary N) is 1. The van der Waals surface area contributed by atoms with Crippen LogP contribution in [-0.4, -0.2) is 19.2 Å². The van der Waals surface area contributed by atoms with Crippen molar-refractivity contribution in [2.24, 2.45) is 0 Å². The zero-order valence-corrected chi connectivity index (χ0v) is 20.0. The topological polar surface area (TPSA) is 139 Å². The molecule has 0 bridgehead atoms. The number of rotatable bonds is 7. The molecule has 0 unspecified atom stereocenters. The molecular formula is C23H16BrN3O6S. The lowest BCUT2D eigenvalue weighted by Crippen LogP contribution is -2.14. The quantitative estimate of drug-likeness (QED) is 0.146. The maximum Gasteiger partial charge on any atom is 0.339 e. The number of nitro benzene ring substituents is 1. The largest absolute Gasteiger partial charge is 0.378 e. The summed E-state index contributed by atoms with van der Waals surface area (Å²) in [6.07, 6.45) is 1.19. The van der Waals surface area contributed by atoms with E-state index in [4.69, 9.17) is 4.18 Å². The van der Waals surface area contributed by atoms with Gasteiger partial charge in [0.25, 0.3) is 11.6 Å². The highest BCUT2D eigenvalue weighted by atomic mass is 79.9. The fourth-order valence-corrected chi connectivity index (χ4v) is 4.14. The van der Waals surface area contributed by atoms with Crippen LogP contribution in [0.5, 0.6) is 5.75 Å². The van der Waals surface area contributed by atoms with E-state index in [9.17, 15) is 28.6 Å². The second-order valence-electron chi connectivity index (χ2n) is 6.96. The zero-order valence-electron chi connectivity index (χ0n) is 17.6. The molecule has 0 fully saturated rings. The Labute approximate surface area is 203 Å². The number of nitro groups is 1. The third kappa shape index (κ3) is 6.06. The molecule has 3 aromatic rings. The molecule has 1 N–H and O–H groups in total. The van der Waals surface area contributed by atoms with Gasteiger partial charge in [0.05, 0.1) is 4.92 Å². The Hall–Kier alpha value is -4.01. The van der Waals surface area contributed by atoms with E-state index in [0.717, 1.165) is 23.8 Å². The van der Waals surface area contributed by atoms with Crippen LogP contribution >= 0.6 is 15.9 Å². The molecule has 172 valence electrons. The van der Waals surface area contributed by atoms with Crippen molar-refractivity contribution in [2.45, 2.75) is 11.8 Å². The maximum atomic E-state index is 12.7. The first-order chi connectivity index (χ1) is 16.1. The van der Waals surface area contributed by atoms with Crippen LogP contribution in [0, 0.1) is 28.4 Å². The molecule has 0 heterocycles. The summed E-state index contributed by atoms with van der Waals surface area (Å²) in [5, 5.41) is 23.1. The van der Waals surface area contributed by atoms with Crippen LogP contribution < -0.4 is 9.50 Å². The minimum absolute atomic E-state index is 0.124. The van der Waals surface area contributed by atoms with E-state index in [-0.39, 0.29) is 16.9 Å². The molecule has 0 aliphatic heterocycles. The second kappa shape index (κ2) is 10.3. The highest BCUT2D eigenvalue weighted by molar-refractivity contribution is 9.10. The van der Waals surface area contributed by atoms with Crippen molar-refractivity contribution in [2.75, 3.05) is 5.32 Å². The first-order valence-electron chi connectivity index (χ1n) is 9.57. The van der Waals surface area contributed by atoms with Gasteiger partial charge < -0.3 is 9.50 Å². The van der Waals surface area contributed by atoms with Crippen LogP contribution in [0.25, 0.3) is 6.08 Å². The number of halogens is 1. The standard InChI is InChI=1S/C23H16BrN3O6S/c1-15-5-8-19(9-6-15)26-23(28)17(14-25)11-16-12-18(24)7-10-22(16)33-34(31,32)21-4-2-3-20(13-21)27(29)30/h2-13H,1H3,(H,26,28)/b17-11-. The van der Waals surface area contributed by atoms with Gasteiger partial charge in [0.1, 0.15) is 22.3 Å². The molecule has 0 aliphatic carbocycles. The third-order valence-corrected chi connectivity index (χ3v) is 6.19. The number of benzene rings is 3. The van der Waals surface area contributed by atoms with Gasteiger partial charge in [0.15, 0.2) is 0 Å². The van der Waals surface area contributed by atoms with E-state index < -0.39 is 31.5 Å². The highest BCUT2D eigenvalue weighted by Gasteiger charge is 2.22. The smallest absolute Gasteiger partial charge is 0.339 e. The van der Waals surface area contributed by atoms with Gasteiger partial charge in [-0.05, 0) is 49.4 Å². The monoisotopic (exact) mass is 541 g/mol. The first-order valence-corrected chi connectivity index (χ1v) is 11.8. The number of non-ortho nitro benzene ring substituents is 1. The van der Waals surface area contributed by atoms with Crippen molar-refractivity contribution in [3.63, 3.8) is 0 Å². The van der Waals surface area contributed by atoms with Crippen LogP contribution in [0.1, 0.15) is 11.1 Å². The highest BCUT2D eigenvalue weighted by Crippen LogP contribution is 2.29. The molecule has 0 aromatic heterocycles. The molecule has 11 heteroatoms. The van der Waals surface area contributed by atoms with Crippen molar-refractivity contribution in [1.82, 2.24) is 0 Å². The number of nitrogens with zero attached hydrogens (tertiary/aromatic N) is 2. The normalized spacial score (nSPS) is 11.4. The summed E-state index contributed by atoms with van der Waals surface area (Å²) < 4.78 is 31.2. The van der Waals surface area contributed by atoms with Gasteiger partial charge in [-0.1, -0.05) is 39.7 Å². The molecule has 0 spiro atoms. The lowest BCUT2D eigenvalue weighted by molar-refractivity contribution is -0.385. The van der Waals surface area contributed by atoms with Crippen LogP contribution in [0.2, 0.25) is 0 Å². The maximum absolute atomic E-state index is 12.7. The van der Waals surface area contributed by atoms with Crippen LogP contribution in [0.3, 0.4) is 0 Å². The van der Waals surface area contributed by atoms with Crippen molar-refractivity contribution in [1.29, 1.82) is 5.26 Å². The van der Waals surface area contributed by atoms with Gasteiger partial charge >= 0.3 is 10.1 Å². The number of anilines is 1. The average Bonchev–Trinajstić information content (AvgIpc) is 2.80. The first kappa shape index (κ1) is 24.6. The van der Waals surface area contributed by atoms with E-state index in [1.54, 1.807) is 30.3 Å². The van der Waals surface area contributed by atoms with Gasteiger partial charge in [0.2, 0.25) is 0 Å². The molecule has 0 atom stereocenters. The molecule has 0 saturated carbocycles. The Morgan fingerprint density at radius 2 is 1.85 bits per heavy atom. The average molecular weight is 542 g/mol. The fourth-order valence-electron chi connectivity index (χ4n) is 2.77. The molecule has 3 rings (SSSR count). The molecule has 1 amide bonds. The molecule has 0 radical (unpaired) electrons. The molecule has 3 aromatic carbocycles. The van der Waals surface area contributed by atoms with Crippen LogP contribution in [-0.2, 0) is 14.9 Å². The van der Waals surface area contributed by atoms with Crippen molar-refractivity contribution in [3.05, 3.63) is 98.0 Å². The Balaban J connectivity index is 1.95. The van der Waals surface area contributed by atoms with Gasteiger partial charge in [-0.15, -0.1) is 0 Å². The number of aryl methyl sites for hydroxylation is 1. The summed E-state index contributed by atoms with van der Waals surface area (Å²) in [6, 6.07) is 17.5. The lowest BCUT2D eigenvalue weighted by Gasteiger charge is -2.11. The Bertz CT molecular complexity index is 1440. The summed E-state index contributed by atoms with van der Waals surface area (Å²) in [6.45, 7) is 1.89. The van der Waals surface area contributed by atoms with Crippen LogP contribution in [0.15, 0.2) is 81.7 Å². The second-order valence-corrected chi connectivity index (χ2v) is 9.43. The molecule has 0 saturated heterocycles. The number of hydrogen-bond donors (Lipinski definition) is 1. The SMILES string of the molecule is Cc1ccc(NC(=O)/C(C#N)=C\c2cc(Br)ccc2OS(=O)(=O)c2cccc([N+](=O)[O-])c2)cc1. The van der Waals surface area contributed by atoms with E-state index in [2.05, 4.69) is 21.2 Å². The van der Waals surface area contributed by atoms with Crippen LogP contribution in [0.4, 0.5) is 11.4 Å². The van der Waals surface area contributed by atoms with Gasteiger partial charge in [0, 0.05) is 27.9 Å². The minimum atomic E-state index is -4.45. The van der Waals surface area contributed by atoms with E-state index in [1.807, 2.05) is 6.92 Å². The summed E-state index contributed by atoms with van der Waals surface area (Å²) in [5.41, 5.74) is 0.890.